The number of nitrogens with one attached hydrogen (secondary N) is 1. The van der Waals surface area contributed by atoms with Crippen LogP contribution in [-0.4, -0.2) is 39.4 Å². The summed E-state index contributed by atoms with van der Waals surface area (Å²) < 4.78 is 9.97. The van der Waals surface area contributed by atoms with Crippen LogP contribution in [0.1, 0.15) is 39.5 Å². The maximum absolute atomic E-state index is 11.4. The van der Waals surface area contributed by atoms with Gasteiger partial charge in [0.05, 0.1) is 13.2 Å². The van der Waals surface area contributed by atoms with Crippen LogP contribution in [0.5, 0.6) is 0 Å². The van der Waals surface area contributed by atoms with E-state index in [-0.39, 0.29) is 12.5 Å². The second-order valence-electron chi connectivity index (χ2n) is 4.27. The zero-order valence-corrected chi connectivity index (χ0v) is 11.5. The van der Waals surface area contributed by atoms with Crippen molar-refractivity contribution in [2.45, 2.75) is 39.5 Å². The first-order chi connectivity index (χ1) is 8.24. The van der Waals surface area contributed by atoms with Gasteiger partial charge in [-0.3, -0.25) is 4.79 Å². The van der Waals surface area contributed by atoms with Crippen LogP contribution >= 0.6 is 0 Å². The SMILES string of the molecule is CCCCC(CC)CNC(=O)COCCOC. The first kappa shape index (κ1) is 16.4. The summed E-state index contributed by atoms with van der Waals surface area (Å²) in [6.45, 7) is 6.26. The summed E-state index contributed by atoms with van der Waals surface area (Å²) in [4.78, 5) is 11.4. The Kier molecular flexibility index (Phi) is 11.4. The molecule has 0 fully saturated rings. The lowest BCUT2D eigenvalue weighted by atomic mass is 9.99. The van der Waals surface area contributed by atoms with E-state index in [4.69, 9.17) is 9.47 Å². The number of methoxy groups -OCH3 is 1. The van der Waals surface area contributed by atoms with E-state index < -0.39 is 0 Å². The maximum atomic E-state index is 11.4. The average molecular weight is 245 g/mol. The van der Waals surface area contributed by atoms with E-state index in [2.05, 4.69) is 19.2 Å². The summed E-state index contributed by atoms with van der Waals surface area (Å²) in [5, 5.41) is 2.91. The van der Waals surface area contributed by atoms with E-state index in [1.54, 1.807) is 7.11 Å². The Morgan fingerprint density at radius 1 is 1.29 bits per heavy atom. The Bertz CT molecular complexity index is 186. The van der Waals surface area contributed by atoms with Gasteiger partial charge in [0.15, 0.2) is 0 Å². The van der Waals surface area contributed by atoms with Gasteiger partial charge in [-0.15, -0.1) is 0 Å². The first-order valence-electron chi connectivity index (χ1n) is 6.57. The molecule has 0 saturated carbocycles. The molecule has 1 amide bonds. The Morgan fingerprint density at radius 2 is 2.06 bits per heavy atom. The predicted molar refractivity (Wildman–Crippen MR) is 69.0 cm³/mol. The Labute approximate surface area is 105 Å². The zero-order valence-electron chi connectivity index (χ0n) is 11.5. The monoisotopic (exact) mass is 245 g/mol. The van der Waals surface area contributed by atoms with Crippen LogP contribution in [0.3, 0.4) is 0 Å². The smallest absolute Gasteiger partial charge is 0.246 e. The van der Waals surface area contributed by atoms with Crippen molar-refractivity contribution in [3.8, 4) is 0 Å². The minimum absolute atomic E-state index is 0.0314. The number of ether oxygens (including phenoxy) is 2. The summed E-state index contributed by atoms with van der Waals surface area (Å²) in [5.74, 6) is 0.564. The molecule has 102 valence electrons. The Balaban J connectivity index is 3.52. The summed E-state index contributed by atoms with van der Waals surface area (Å²) in [7, 11) is 1.61. The summed E-state index contributed by atoms with van der Waals surface area (Å²) in [6.07, 6.45) is 4.76. The number of carbonyl (C=O) groups excluding carboxylic acids is 1. The fraction of sp³-hybridized carbons (Fsp3) is 0.923. The number of unbranched alkanes of at least 4 members (excludes halogenated alkanes) is 1. The molecule has 0 radical (unpaired) electrons. The molecule has 4 nitrogen and oxygen atoms in total. The third-order valence-electron chi connectivity index (χ3n) is 2.80. The highest BCUT2D eigenvalue weighted by Crippen LogP contribution is 2.10. The number of amides is 1. The van der Waals surface area contributed by atoms with Crippen molar-refractivity contribution in [1.82, 2.24) is 5.32 Å². The standard InChI is InChI=1S/C13H27NO3/c1-4-6-7-12(5-2)10-14-13(15)11-17-9-8-16-3/h12H,4-11H2,1-3H3,(H,14,15). The molecule has 0 aromatic heterocycles. The van der Waals surface area contributed by atoms with Crippen LogP contribution in [0.15, 0.2) is 0 Å². The molecular weight excluding hydrogens is 218 g/mol. The fourth-order valence-electron chi connectivity index (χ4n) is 1.56. The lowest BCUT2D eigenvalue weighted by Gasteiger charge is -2.15. The summed E-state index contributed by atoms with van der Waals surface area (Å²) >= 11 is 0. The van der Waals surface area contributed by atoms with Crippen molar-refractivity contribution in [3.63, 3.8) is 0 Å². The molecule has 1 N–H and O–H groups in total. The molecule has 0 heterocycles. The summed E-state index contributed by atoms with van der Waals surface area (Å²) in [6, 6.07) is 0. The Morgan fingerprint density at radius 3 is 2.65 bits per heavy atom. The van der Waals surface area contributed by atoms with Gasteiger partial charge in [0.25, 0.3) is 0 Å². The molecule has 0 aliphatic heterocycles. The molecule has 0 aromatic carbocycles. The van der Waals surface area contributed by atoms with Crippen LogP contribution in [0.4, 0.5) is 0 Å². The van der Waals surface area contributed by atoms with Crippen molar-refractivity contribution in [2.75, 3.05) is 33.5 Å². The summed E-state index contributed by atoms with van der Waals surface area (Å²) in [5.41, 5.74) is 0. The van der Waals surface area contributed by atoms with Gasteiger partial charge >= 0.3 is 0 Å². The molecule has 1 unspecified atom stereocenters. The van der Waals surface area contributed by atoms with E-state index in [1.807, 2.05) is 0 Å². The van der Waals surface area contributed by atoms with E-state index in [0.717, 1.165) is 13.0 Å². The van der Waals surface area contributed by atoms with E-state index >= 15 is 0 Å². The van der Waals surface area contributed by atoms with Gasteiger partial charge in [0.1, 0.15) is 6.61 Å². The van der Waals surface area contributed by atoms with Crippen molar-refractivity contribution in [2.24, 2.45) is 5.92 Å². The van der Waals surface area contributed by atoms with Gasteiger partial charge in [0, 0.05) is 13.7 Å². The van der Waals surface area contributed by atoms with Gasteiger partial charge in [-0.2, -0.15) is 0 Å². The third-order valence-corrected chi connectivity index (χ3v) is 2.80. The molecular formula is C13H27NO3. The topological polar surface area (TPSA) is 47.6 Å². The minimum Gasteiger partial charge on any atom is -0.382 e. The quantitative estimate of drug-likeness (QED) is 0.566. The van der Waals surface area contributed by atoms with Crippen molar-refractivity contribution < 1.29 is 14.3 Å². The van der Waals surface area contributed by atoms with E-state index in [1.165, 1.54) is 19.3 Å². The average Bonchev–Trinajstić information content (AvgIpc) is 2.35. The number of hydrogen-bond donors (Lipinski definition) is 1. The number of carbonyl (C=O) groups is 1. The number of hydrogen-bond acceptors (Lipinski definition) is 3. The lowest BCUT2D eigenvalue weighted by Crippen LogP contribution is -2.32. The molecule has 0 rings (SSSR count). The number of rotatable bonds is 11. The highest BCUT2D eigenvalue weighted by Gasteiger charge is 2.08. The zero-order chi connectivity index (χ0) is 12.9. The molecule has 17 heavy (non-hydrogen) atoms. The van der Waals surface area contributed by atoms with E-state index in [9.17, 15) is 4.79 Å². The van der Waals surface area contributed by atoms with Gasteiger partial charge < -0.3 is 14.8 Å². The van der Waals surface area contributed by atoms with Crippen molar-refractivity contribution in [1.29, 1.82) is 0 Å². The predicted octanol–water partition coefficient (Wildman–Crippen LogP) is 1.98. The normalized spacial score (nSPS) is 12.4. The van der Waals surface area contributed by atoms with Crippen molar-refractivity contribution >= 4 is 5.91 Å². The second kappa shape index (κ2) is 11.9. The van der Waals surface area contributed by atoms with Crippen LogP contribution in [0.2, 0.25) is 0 Å². The highest BCUT2D eigenvalue weighted by molar-refractivity contribution is 5.77. The van der Waals surface area contributed by atoms with Crippen LogP contribution < -0.4 is 5.32 Å². The molecule has 0 saturated heterocycles. The first-order valence-corrected chi connectivity index (χ1v) is 6.57. The van der Waals surface area contributed by atoms with Crippen molar-refractivity contribution in [3.05, 3.63) is 0 Å². The highest BCUT2D eigenvalue weighted by atomic mass is 16.5. The lowest BCUT2D eigenvalue weighted by molar-refractivity contribution is -0.126. The van der Waals surface area contributed by atoms with Gasteiger partial charge in [-0.1, -0.05) is 33.1 Å². The van der Waals surface area contributed by atoms with Gasteiger partial charge in [-0.05, 0) is 12.3 Å². The molecule has 0 aromatic rings. The van der Waals surface area contributed by atoms with Crippen LogP contribution in [0, 0.1) is 5.92 Å². The van der Waals surface area contributed by atoms with Gasteiger partial charge in [-0.25, -0.2) is 0 Å². The molecule has 0 bridgehead atoms. The van der Waals surface area contributed by atoms with E-state index in [0.29, 0.717) is 19.1 Å². The minimum atomic E-state index is -0.0314. The second-order valence-corrected chi connectivity index (χ2v) is 4.27. The third kappa shape index (κ3) is 10.3. The maximum Gasteiger partial charge on any atom is 0.246 e. The van der Waals surface area contributed by atoms with Gasteiger partial charge in [0.2, 0.25) is 5.91 Å². The van der Waals surface area contributed by atoms with Crippen LogP contribution in [-0.2, 0) is 14.3 Å². The largest absolute Gasteiger partial charge is 0.382 e. The molecule has 0 spiro atoms. The molecule has 1 atom stereocenters. The molecule has 4 heteroatoms. The molecule has 0 aliphatic carbocycles. The Hall–Kier alpha value is -0.610. The molecule has 0 aliphatic rings. The van der Waals surface area contributed by atoms with Crippen LogP contribution in [0.25, 0.3) is 0 Å². The fourth-order valence-corrected chi connectivity index (χ4v) is 1.56.